The lowest BCUT2D eigenvalue weighted by Crippen LogP contribution is -2.61. The molecular formula is C38H68N2O14. The first kappa shape index (κ1) is 46.4. The van der Waals surface area contributed by atoms with Crippen molar-refractivity contribution in [2.24, 2.45) is 28.8 Å². The smallest absolute Gasteiger partial charge is 0.311 e. The lowest BCUT2D eigenvalue weighted by Gasteiger charge is -2.50. The fourth-order valence-corrected chi connectivity index (χ4v) is 8.75. The van der Waals surface area contributed by atoms with Gasteiger partial charge in [-0.25, -0.2) is 0 Å². The van der Waals surface area contributed by atoms with Gasteiger partial charge in [-0.05, 0) is 60.8 Å². The van der Waals surface area contributed by atoms with E-state index in [9.17, 15) is 35.2 Å². The van der Waals surface area contributed by atoms with Gasteiger partial charge in [-0.1, -0.05) is 32.9 Å². The van der Waals surface area contributed by atoms with Gasteiger partial charge in [-0.3, -0.25) is 9.59 Å². The van der Waals surface area contributed by atoms with Gasteiger partial charge in [0.15, 0.2) is 12.6 Å². The molecule has 0 saturated carbocycles. The van der Waals surface area contributed by atoms with E-state index in [-0.39, 0.29) is 25.0 Å². The van der Waals surface area contributed by atoms with Crippen molar-refractivity contribution in [3.05, 3.63) is 0 Å². The lowest BCUT2D eigenvalue weighted by atomic mass is 9.73. The first-order valence-corrected chi connectivity index (χ1v) is 19.1. The van der Waals surface area contributed by atoms with Gasteiger partial charge in [0.25, 0.3) is 0 Å². The Labute approximate surface area is 320 Å². The Hall–Kier alpha value is -1.99. The summed E-state index contributed by atoms with van der Waals surface area (Å²) in [7, 11) is 4.54. The zero-order valence-electron chi connectivity index (χ0n) is 34.4. The van der Waals surface area contributed by atoms with Crippen molar-refractivity contribution in [2.75, 3.05) is 21.3 Å². The second-order valence-corrected chi connectivity index (χ2v) is 16.6. The van der Waals surface area contributed by atoms with E-state index < -0.39 is 114 Å². The number of hydrogen-bond acceptors (Lipinski definition) is 15. The molecule has 5 N–H and O–H groups in total. The number of aliphatic hydroxyl groups is 4. The number of carbonyl (C=O) groups is 2. The average Bonchev–Trinajstić information content (AvgIpc) is 3.13. The summed E-state index contributed by atoms with van der Waals surface area (Å²) in [6.45, 7) is 17.0. The van der Waals surface area contributed by atoms with Crippen molar-refractivity contribution in [1.82, 2.24) is 4.90 Å². The van der Waals surface area contributed by atoms with Crippen LogP contribution >= 0.6 is 0 Å². The van der Waals surface area contributed by atoms with Crippen LogP contribution in [0, 0.1) is 23.7 Å². The van der Waals surface area contributed by atoms with Crippen molar-refractivity contribution < 1.29 is 68.4 Å². The predicted octanol–water partition coefficient (Wildman–Crippen LogP) is 2.23. The molecule has 3 heterocycles. The highest BCUT2D eigenvalue weighted by molar-refractivity contribution is 5.88. The number of oxime groups is 1. The average molecular weight is 777 g/mol. The fourth-order valence-electron chi connectivity index (χ4n) is 8.75. The Balaban J connectivity index is 2.26. The van der Waals surface area contributed by atoms with Gasteiger partial charge in [0.1, 0.15) is 23.9 Å². The number of esters is 1. The van der Waals surface area contributed by atoms with Crippen LogP contribution in [0.2, 0.25) is 0 Å². The highest BCUT2D eigenvalue weighted by Crippen LogP contribution is 2.42. The van der Waals surface area contributed by atoms with E-state index in [4.69, 9.17) is 33.2 Å². The molecule has 3 aliphatic heterocycles. The normalized spacial score (nSPS) is 48.1. The molecule has 54 heavy (non-hydrogen) atoms. The van der Waals surface area contributed by atoms with E-state index in [1.807, 2.05) is 6.92 Å². The second-order valence-electron chi connectivity index (χ2n) is 16.6. The zero-order chi connectivity index (χ0) is 41.1. The zero-order valence-corrected chi connectivity index (χ0v) is 34.4. The molecule has 0 bridgehead atoms. The van der Waals surface area contributed by atoms with Crippen molar-refractivity contribution in [3.63, 3.8) is 0 Å². The number of hydrogen-bond donors (Lipinski definition) is 5. The topological polar surface area (TPSA) is 215 Å². The number of likely N-dealkylation sites (N-methyl/N-ethyl adjacent to an activating group) is 1. The number of nitrogens with zero attached hydrogens (tertiary/aromatic N) is 2. The Morgan fingerprint density at radius 1 is 0.926 bits per heavy atom. The molecule has 16 nitrogen and oxygen atoms in total. The Morgan fingerprint density at radius 2 is 1.54 bits per heavy atom. The minimum atomic E-state index is -1.96. The molecular weight excluding hydrogens is 708 g/mol. The quantitative estimate of drug-likeness (QED) is 0.0983. The Morgan fingerprint density at radius 3 is 2.07 bits per heavy atom. The first-order chi connectivity index (χ1) is 25.1. The summed E-state index contributed by atoms with van der Waals surface area (Å²) < 4.78 is 43.8. The van der Waals surface area contributed by atoms with E-state index in [1.54, 1.807) is 62.4 Å². The molecule has 0 spiro atoms. The summed E-state index contributed by atoms with van der Waals surface area (Å²) in [6.07, 6.45) is -9.07. The number of amides is 1. The van der Waals surface area contributed by atoms with Gasteiger partial charge in [0.2, 0.25) is 6.41 Å². The number of ether oxygens (including phenoxy) is 7. The van der Waals surface area contributed by atoms with Gasteiger partial charge in [-0.2, -0.15) is 0 Å². The molecule has 0 aliphatic carbocycles. The molecule has 3 fully saturated rings. The highest BCUT2D eigenvalue weighted by Gasteiger charge is 2.54. The van der Waals surface area contributed by atoms with E-state index in [0.29, 0.717) is 12.8 Å². The van der Waals surface area contributed by atoms with Gasteiger partial charge >= 0.3 is 5.97 Å². The van der Waals surface area contributed by atoms with Crippen LogP contribution < -0.4 is 0 Å². The minimum absolute atomic E-state index is 0.0957. The van der Waals surface area contributed by atoms with Crippen molar-refractivity contribution in [1.29, 1.82) is 0 Å². The number of aliphatic hydroxyl groups excluding tert-OH is 3. The number of carbonyl (C=O) groups excluding carboxylic acids is 2. The summed E-state index contributed by atoms with van der Waals surface area (Å²) in [5.74, 6) is -4.06. The van der Waals surface area contributed by atoms with E-state index in [0.717, 1.165) is 0 Å². The Bertz CT molecular complexity index is 1270. The standard InChI is InChI=1S/C38H68N2O14/c1-14-26-38(10,46)31(43)21(4)28(39-47)19(2)16-37(9,49-13)33(54-35-29(42)25(40(11)18-41)15-20(3)50-35)22(5)30(23(6)34(45)52-26)53-27-17-36(8,48-12)32(44)24(7)51-27/h18-27,29-33,35,42-44,46-47H,14-17H2,1-13H3/b39-28+/t19-,20-,21+,22+,23-,24+,25+,26?,27+,29-,30?,31-,32+,33-,35+,36-,37-,38-/m1/s1. The molecule has 0 aromatic carbocycles. The number of methoxy groups -OCH3 is 2. The third-order valence-corrected chi connectivity index (χ3v) is 12.4. The minimum Gasteiger partial charge on any atom is -0.459 e. The maximum Gasteiger partial charge on any atom is 0.311 e. The summed E-state index contributed by atoms with van der Waals surface area (Å²) in [4.78, 5) is 27.4. The molecule has 0 aromatic heterocycles. The van der Waals surface area contributed by atoms with Gasteiger partial charge in [0.05, 0.1) is 59.4 Å². The molecule has 0 radical (unpaired) electrons. The van der Waals surface area contributed by atoms with Crippen LogP contribution in [0.15, 0.2) is 5.16 Å². The van der Waals surface area contributed by atoms with Crippen LogP contribution in [-0.4, -0.2) is 154 Å². The highest BCUT2D eigenvalue weighted by atomic mass is 16.7. The van der Waals surface area contributed by atoms with E-state index >= 15 is 0 Å². The SMILES string of the molecule is CCC1OC(=O)[C@H](C)C(O[C@H]2C[C@@](C)(OC)[C@@H](O)[C@H](C)O2)[C@H](C)[C@@H](O[C@@H]2O[C@H](C)C[C@H](N(C)C=O)[C@H]2O)[C@](C)(OC)C[C@@H](C)/C(=N\O)[C@H](C)[C@@H](O)[C@]1(C)O. The first-order valence-electron chi connectivity index (χ1n) is 19.1. The van der Waals surface area contributed by atoms with Crippen LogP contribution in [0.25, 0.3) is 0 Å². The molecule has 3 aliphatic rings. The van der Waals surface area contributed by atoms with Crippen molar-refractivity contribution >= 4 is 18.1 Å². The third kappa shape index (κ3) is 9.57. The summed E-state index contributed by atoms with van der Waals surface area (Å²) >= 11 is 0. The summed E-state index contributed by atoms with van der Waals surface area (Å²) in [6, 6.07) is -0.636. The van der Waals surface area contributed by atoms with Gasteiger partial charge in [0, 0.05) is 45.4 Å². The van der Waals surface area contributed by atoms with Crippen LogP contribution in [0.5, 0.6) is 0 Å². The summed E-state index contributed by atoms with van der Waals surface area (Å²) in [5, 5.41) is 59.8. The van der Waals surface area contributed by atoms with E-state index in [1.165, 1.54) is 26.0 Å². The van der Waals surface area contributed by atoms with E-state index in [2.05, 4.69) is 5.16 Å². The largest absolute Gasteiger partial charge is 0.459 e. The molecule has 16 heteroatoms. The molecule has 0 aromatic rings. The van der Waals surface area contributed by atoms with Crippen LogP contribution in [0.4, 0.5) is 0 Å². The third-order valence-electron chi connectivity index (χ3n) is 12.4. The summed E-state index contributed by atoms with van der Waals surface area (Å²) in [5.41, 5.74) is -4.15. The fraction of sp³-hybridized carbons (Fsp3) is 0.921. The van der Waals surface area contributed by atoms with Crippen molar-refractivity contribution in [2.45, 2.75) is 179 Å². The van der Waals surface area contributed by atoms with Gasteiger partial charge < -0.3 is 63.7 Å². The Kier molecular flexibility index (Phi) is 15.9. The molecule has 1 amide bonds. The van der Waals surface area contributed by atoms with Crippen LogP contribution in [0.3, 0.4) is 0 Å². The molecule has 3 rings (SSSR count). The van der Waals surface area contributed by atoms with Crippen LogP contribution in [0.1, 0.15) is 94.9 Å². The van der Waals surface area contributed by atoms with Crippen molar-refractivity contribution in [3.8, 4) is 0 Å². The molecule has 3 saturated heterocycles. The van der Waals surface area contributed by atoms with Crippen LogP contribution in [-0.2, 0) is 42.7 Å². The maximum absolute atomic E-state index is 14.2. The maximum atomic E-state index is 14.2. The lowest BCUT2D eigenvalue weighted by molar-refractivity contribution is -0.319. The molecule has 2 unspecified atom stereocenters. The number of rotatable bonds is 9. The number of cyclic esters (lactones) is 1. The predicted molar refractivity (Wildman–Crippen MR) is 195 cm³/mol. The monoisotopic (exact) mass is 776 g/mol. The molecule has 314 valence electrons. The molecule has 18 atom stereocenters. The van der Waals surface area contributed by atoms with Gasteiger partial charge in [-0.15, -0.1) is 0 Å². The second kappa shape index (κ2) is 18.5.